The number of ether oxygens (including phenoxy) is 3. The highest BCUT2D eigenvalue weighted by Gasteiger charge is 2.16. The molecule has 3 nitrogen and oxygen atoms in total. The van der Waals surface area contributed by atoms with E-state index in [-0.39, 0.29) is 0 Å². The van der Waals surface area contributed by atoms with Gasteiger partial charge in [0.25, 0.3) is 0 Å². The summed E-state index contributed by atoms with van der Waals surface area (Å²) in [6, 6.07) is 14.7. The molecule has 3 rings (SSSR count). The molecule has 0 aliphatic heterocycles. The minimum Gasteiger partial charge on any atom is -0.495 e. The summed E-state index contributed by atoms with van der Waals surface area (Å²) in [7, 11) is 1.74. The number of fused-ring (bicyclic) bond motifs is 2. The number of hydrogen-bond donors (Lipinski definition) is 0. The lowest BCUT2D eigenvalue weighted by atomic mass is 10.0. The van der Waals surface area contributed by atoms with Gasteiger partial charge in [0.05, 0.1) is 31.1 Å². The lowest BCUT2D eigenvalue weighted by Gasteiger charge is -2.17. The standard InChI is InChI=1S/C27H36O3/c1-4-6-8-10-18-29-23-16-12-14-21-20-22-15-13-17-24(30-19-11-9-7-5-2)26(22)27(28-3)25(21)23/h12-17,20H,4-11,18-19H2,1-3H3. The Morgan fingerprint density at radius 1 is 0.633 bits per heavy atom. The second kappa shape index (κ2) is 11.7. The number of unbranched alkanes of at least 4 members (excludes halogenated alkanes) is 6. The van der Waals surface area contributed by atoms with Gasteiger partial charge in [0, 0.05) is 0 Å². The van der Waals surface area contributed by atoms with Crippen molar-refractivity contribution in [3.63, 3.8) is 0 Å². The lowest BCUT2D eigenvalue weighted by Crippen LogP contribution is -2.01. The van der Waals surface area contributed by atoms with Crippen molar-refractivity contribution in [2.75, 3.05) is 20.3 Å². The highest BCUT2D eigenvalue weighted by molar-refractivity contribution is 6.10. The molecule has 3 heteroatoms. The van der Waals surface area contributed by atoms with E-state index in [1.807, 2.05) is 12.1 Å². The smallest absolute Gasteiger partial charge is 0.141 e. The van der Waals surface area contributed by atoms with Gasteiger partial charge in [0.2, 0.25) is 0 Å². The predicted molar refractivity (Wildman–Crippen MR) is 127 cm³/mol. The fraction of sp³-hybridized carbons (Fsp3) is 0.481. The summed E-state index contributed by atoms with van der Waals surface area (Å²) >= 11 is 0. The zero-order valence-corrected chi connectivity index (χ0v) is 18.8. The molecular weight excluding hydrogens is 372 g/mol. The van der Waals surface area contributed by atoms with Crippen LogP contribution in [0.5, 0.6) is 17.2 Å². The van der Waals surface area contributed by atoms with Crippen molar-refractivity contribution in [1.29, 1.82) is 0 Å². The molecule has 0 aliphatic rings. The third-order valence-electron chi connectivity index (χ3n) is 5.60. The Labute approximate surface area is 181 Å². The first-order valence-electron chi connectivity index (χ1n) is 11.6. The quantitative estimate of drug-likeness (QED) is 0.212. The van der Waals surface area contributed by atoms with E-state index in [9.17, 15) is 0 Å². The van der Waals surface area contributed by atoms with E-state index in [0.29, 0.717) is 0 Å². The normalized spacial score (nSPS) is 11.2. The summed E-state index contributed by atoms with van der Waals surface area (Å²) in [5.41, 5.74) is 0. The van der Waals surface area contributed by atoms with Gasteiger partial charge in [0.1, 0.15) is 17.2 Å². The highest BCUT2D eigenvalue weighted by Crippen LogP contribution is 2.43. The van der Waals surface area contributed by atoms with Gasteiger partial charge in [-0.1, -0.05) is 76.6 Å². The fourth-order valence-electron chi connectivity index (χ4n) is 3.98. The van der Waals surface area contributed by atoms with E-state index in [1.165, 1.54) is 38.5 Å². The van der Waals surface area contributed by atoms with Crippen LogP contribution in [-0.4, -0.2) is 20.3 Å². The van der Waals surface area contributed by atoms with Crippen LogP contribution in [0.4, 0.5) is 0 Å². The Morgan fingerprint density at radius 2 is 1.13 bits per heavy atom. The van der Waals surface area contributed by atoms with E-state index >= 15 is 0 Å². The van der Waals surface area contributed by atoms with Crippen molar-refractivity contribution >= 4 is 21.5 Å². The van der Waals surface area contributed by atoms with Crippen LogP contribution in [-0.2, 0) is 0 Å². The molecule has 3 aromatic carbocycles. The van der Waals surface area contributed by atoms with Crippen LogP contribution in [0.3, 0.4) is 0 Å². The molecule has 0 fully saturated rings. The Hall–Kier alpha value is -2.42. The second-order valence-corrected chi connectivity index (χ2v) is 7.94. The topological polar surface area (TPSA) is 27.7 Å². The minimum atomic E-state index is 0.732. The van der Waals surface area contributed by atoms with Crippen molar-refractivity contribution in [2.24, 2.45) is 0 Å². The first kappa shape index (κ1) is 22.3. The molecule has 3 aromatic rings. The molecular formula is C27H36O3. The van der Waals surface area contributed by atoms with E-state index < -0.39 is 0 Å². The number of hydrogen-bond acceptors (Lipinski definition) is 3. The fourth-order valence-corrected chi connectivity index (χ4v) is 3.98. The third-order valence-corrected chi connectivity index (χ3v) is 5.60. The second-order valence-electron chi connectivity index (χ2n) is 7.94. The van der Waals surface area contributed by atoms with Crippen LogP contribution in [0, 0.1) is 0 Å². The molecule has 0 heterocycles. The van der Waals surface area contributed by atoms with Gasteiger partial charge in [-0.25, -0.2) is 0 Å². The first-order valence-corrected chi connectivity index (χ1v) is 11.6. The maximum absolute atomic E-state index is 6.20. The minimum absolute atomic E-state index is 0.732. The summed E-state index contributed by atoms with van der Waals surface area (Å²) in [6.45, 7) is 5.92. The van der Waals surface area contributed by atoms with E-state index in [2.05, 4.69) is 44.2 Å². The van der Waals surface area contributed by atoms with E-state index in [4.69, 9.17) is 14.2 Å². The molecule has 162 valence electrons. The predicted octanol–water partition coefficient (Wildman–Crippen LogP) is 7.92. The largest absolute Gasteiger partial charge is 0.495 e. The van der Waals surface area contributed by atoms with Crippen LogP contribution in [0.1, 0.15) is 65.2 Å². The van der Waals surface area contributed by atoms with Crippen molar-refractivity contribution in [2.45, 2.75) is 65.2 Å². The molecule has 0 saturated heterocycles. The average molecular weight is 409 g/mol. The van der Waals surface area contributed by atoms with Crippen LogP contribution >= 0.6 is 0 Å². The van der Waals surface area contributed by atoms with Crippen LogP contribution in [0.2, 0.25) is 0 Å². The molecule has 0 spiro atoms. The van der Waals surface area contributed by atoms with Crippen LogP contribution in [0.15, 0.2) is 42.5 Å². The molecule has 0 unspecified atom stereocenters. The Kier molecular flexibility index (Phi) is 8.67. The average Bonchev–Trinajstić information content (AvgIpc) is 2.77. The maximum Gasteiger partial charge on any atom is 0.141 e. The van der Waals surface area contributed by atoms with Crippen LogP contribution < -0.4 is 14.2 Å². The number of methoxy groups -OCH3 is 1. The molecule has 0 aromatic heterocycles. The molecule has 0 bridgehead atoms. The molecule has 0 aliphatic carbocycles. The summed E-state index contributed by atoms with van der Waals surface area (Å²) in [6.07, 6.45) is 9.54. The molecule has 0 amide bonds. The first-order chi connectivity index (χ1) is 14.8. The van der Waals surface area contributed by atoms with Crippen molar-refractivity contribution in [1.82, 2.24) is 0 Å². The van der Waals surface area contributed by atoms with Crippen molar-refractivity contribution in [3.8, 4) is 17.2 Å². The van der Waals surface area contributed by atoms with Gasteiger partial charge < -0.3 is 14.2 Å². The SMILES string of the molecule is CCCCCCOc1cccc2cc3cccc(OCCCCCC)c3c(OC)c12. The van der Waals surface area contributed by atoms with Crippen LogP contribution in [0.25, 0.3) is 21.5 Å². The molecule has 30 heavy (non-hydrogen) atoms. The highest BCUT2D eigenvalue weighted by atomic mass is 16.5. The summed E-state index contributed by atoms with van der Waals surface area (Å²) in [4.78, 5) is 0. The Balaban J connectivity index is 1.93. The molecule has 0 N–H and O–H groups in total. The van der Waals surface area contributed by atoms with Gasteiger partial charge in [-0.05, 0) is 41.8 Å². The maximum atomic E-state index is 6.20. The van der Waals surface area contributed by atoms with Crippen molar-refractivity contribution < 1.29 is 14.2 Å². The molecule has 0 radical (unpaired) electrons. The van der Waals surface area contributed by atoms with E-state index in [1.54, 1.807) is 7.11 Å². The Morgan fingerprint density at radius 3 is 1.57 bits per heavy atom. The number of rotatable bonds is 13. The molecule has 0 atom stereocenters. The van der Waals surface area contributed by atoms with Gasteiger partial charge in [0.15, 0.2) is 0 Å². The zero-order valence-electron chi connectivity index (χ0n) is 18.8. The van der Waals surface area contributed by atoms with Gasteiger partial charge in [-0.15, -0.1) is 0 Å². The van der Waals surface area contributed by atoms with Gasteiger partial charge in [-0.3, -0.25) is 0 Å². The van der Waals surface area contributed by atoms with E-state index in [0.717, 1.165) is 64.8 Å². The van der Waals surface area contributed by atoms with Gasteiger partial charge >= 0.3 is 0 Å². The Bertz CT molecular complexity index is 860. The lowest BCUT2D eigenvalue weighted by molar-refractivity contribution is 0.306. The van der Waals surface area contributed by atoms with Gasteiger partial charge in [-0.2, -0.15) is 0 Å². The zero-order chi connectivity index (χ0) is 21.2. The molecule has 0 saturated carbocycles. The number of benzene rings is 3. The summed E-state index contributed by atoms with van der Waals surface area (Å²) in [5.74, 6) is 2.62. The summed E-state index contributed by atoms with van der Waals surface area (Å²) in [5, 5.41) is 4.33. The monoisotopic (exact) mass is 408 g/mol. The van der Waals surface area contributed by atoms with Crippen molar-refractivity contribution in [3.05, 3.63) is 42.5 Å². The third kappa shape index (κ3) is 5.38. The summed E-state index contributed by atoms with van der Waals surface area (Å²) < 4.78 is 18.4.